The van der Waals surface area contributed by atoms with E-state index >= 15 is 0 Å². The number of hydrogen-bond donors (Lipinski definition) is 1. The first-order valence-electron chi connectivity index (χ1n) is 11.6. The van der Waals surface area contributed by atoms with Crippen LogP contribution in [0.3, 0.4) is 0 Å². The van der Waals surface area contributed by atoms with E-state index in [0.29, 0.717) is 24.8 Å². The lowest BCUT2D eigenvalue weighted by molar-refractivity contribution is -0.189. The molecular weight excluding hydrogens is 521 g/mol. The van der Waals surface area contributed by atoms with Gasteiger partial charge in [-0.2, -0.15) is 13.2 Å². The first-order chi connectivity index (χ1) is 16.5. The number of hydrogen-bond acceptors (Lipinski definition) is 3. The Morgan fingerprint density at radius 1 is 1.19 bits per heavy atom. The molecule has 1 saturated carbocycles. The van der Waals surface area contributed by atoms with Gasteiger partial charge in [-0.3, -0.25) is 9.59 Å². The molecule has 1 unspecified atom stereocenters. The van der Waals surface area contributed by atoms with Crippen molar-refractivity contribution in [3.05, 3.63) is 51.8 Å². The number of anilines is 1. The smallest absolute Gasteiger partial charge is 0.392 e. The average Bonchev–Trinajstić information content (AvgIpc) is 3.51. The fourth-order valence-electron chi connectivity index (χ4n) is 4.31. The Labute approximate surface area is 218 Å². The number of carbonyl (C=O) groups is 2. The molecule has 2 aliphatic rings. The Kier molecular flexibility index (Phi) is 8.21. The minimum atomic E-state index is -4.73. The molecule has 1 aromatic rings. The predicted molar refractivity (Wildman–Crippen MR) is 131 cm³/mol. The summed E-state index contributed by atoms with van der Waals surface area (Å²) >= 11 is 12.0. The van der Waals surface area contributed by atoms with Gasteiger partial charge in [-0.05, 0) is 70.2 Å². The molecule has 36 heavy (non-hydrogen) atoms. The summed E-state index contributed by atoms with van der Waals surface area (Å²) in [5.41, 5.74) is -0.570. The molecule has 10 heteroatoms. The number of nitrogens with one attached hydrogen (secondary N) is 1. The monoisotopic (exact) mass is 549 g/mol. The van der Waals surface area contributed by atoms with Crippen LogP contribution in [0.5, 0.6) is 0 Å². The van der Waals surface area contributed by atoms with Crippen molar-refractivity contribution in [3.63, 3.8) is 0 Å². The number of esters is 1. The SMILES string of the molecule is C[C@H]([C@H](C(=O)Nc1cc(CC2(C(=O)OC(C)(C)C)CC2)ccc1Cl)C1CC=C(Cl)C=C1F)C(F)(F)F. The second-order valence-electron chi connectivity index (χ2n) is 10.6. The highest BCUT2D eigenvalue weighted by Crippen LogP contribution is 2.50. The molecule has 0 bridgehead atoms. The Hall–Kier alpha value is -2.06. The van der Waals surface area contributed by atoms with E-state index in [1.165, 1.54) is 18.2 Å². The fraction of sp³-hybridized carbons (Fsp3) is 0.538. The van der Waals surface area contributed by atoms with Crippen LogP contribution in [0.2, 0.25) is 5.02 Å². The van der Waals surface area contributed by atoms with Gasteiger partial charge in [0.1, 0.15) is 11.4 Å². The molecule has 4 nitrogen and oxygen atoms in total. The summed E-state index contributed by atoms with van der Waals surface area (Å²) in [6.07, 6.45) is -0.956. The van der Waals surface area contributed by atoms with Crippen molar-refractivity contribution >= 4 is 40.8 Å². The van der Waals surface area contributed by atoms with Crippen molar-refractivity contribution in [1.29, 1.82) is 0 Å². The molecule has 0 saturated heterocycles. The highest BCUT2D eigenvalue weighted by molar-refractivity contribution is 6.33. The number of allylic oxidation sites excluding steroid dienone is 4. The number of ether oxygens (including phenoxy) is 1. The third-order valence-corrected chi connectivity index (χ3v) is 7.10. The maximum absolute atomic E-state index is 14.6. The van der Waals surface area contributed by atoms with Gasteiger partial charge < -0.3 is 10.1 Å². The minimum Gasteiger partial charge on any atom is -0.460 e. The summed E-state index contributed by atoms with van der Waals surface area (Å²) in [7, 11) is 0. The maximum Gasteiger partial charge on any atom is 0.392 e. The van der Waals surface area contributed by atoms with E-state index in [0.717, 1.165) is 13.0 Å². The van der Waals surface area contributed by atoms with Crippen LogP contribution in [0.4, 0.5) is 23.2 Å². The van der Waals surface area contributed by atoms with E-state index in [-0.39, 0.29) is 28.1 Å². The van der Waals surface area contributed by atoms with Gasteiger partial charge in [-0.25, -0.2) is 4.39 Å². The zero-order valence-corrected chi connectivity index (χ0v) is 22.0. The van der Waals surface area contributed by atoms with Crippen LogP contribution >= 0.6 is 23.2 Å². The maximum atomic E-state index is 14.6. The lowest BCUT2D eigenvalue weighted by Crippen LogP contribution is -2.41. The number of alkyl halides is 3. The molecule has 3 rings (SSSR count). The van der Waals surface area contributed by atoms with Crippen molar-refractivity contribution in [1.82, 2.24) is 0 Å². The van der Waals surface area contributed by atoms with Gasteiger partial charge in [-0.1, -0.05) is 42.3 Å². The largest absolute Gasteiger partial charge is 0.460 e. The second-order valence-corrected chi connectivity index (χ2v) is 11.4. The van der Waals surface area contributed by atoms with Crippen molar-refractivity contribution < 1.29 is 31.9 Å². The van der Waals surface area contributed by atoms with E-state index in [1.54, 1.807) is 26.8 Å². The standard InChI is InChI=1S/C26H29Cl2F4NO3/c1-14(26(30,31)32)21(17-7-6-16(27)12-19(17)29)22(34)33-20-11-15(5-8-18(20)28)13-25(9-10-25)23(35)36-24(2,3)4/h5-6,8,11-12,14,17,21H,7,9-10,13H2,1-4H3,(H,33,34)/t14-,17?,21+/m1/s1. The van der Waals surface area contributed by atoms with Crippen molar-refractivity contribution in [2.24, 2.45) is 23.2 Å². The summed E-state index contributed by atoms with van der Waals surface area (Å²) in [6, 6.07) is 4.72. The van der Waals surface area contributed by atoms with Crippen LogP contribution in [0, 0.1) is 23.2 Å². The average molecular weight is 550 g/mol. The topological polar surface area (TPSA) is 55.4 Å². The Morgan fingerprint density at radius 2 is 1.83 bits per heavy atom. The molecule has 3 atom stereocenters. The lowest BCUT2D eigenvalue weighted by Gasteiger charge is -2.32. The van der Waals surface area contributed by atoms with Crippen molar-refractivity contribution in [2.45, 2.75) is 65.2 Å². The second kappa shape index (κ2) is 10.4. The number of rotatable bonds is 7. The molecule has 1 N–H and O–H groups in total. The van der Waals surface area contributed by atoms with E-state index in [2.05, 4.69) is 5.32 Å². The van der Waals surface area contributed by atoms with Crippen LogP contribution in [-0.4, -0.2) is 23.7 Å². The number of halogens is 6. The molecule has 0 aliphatic heterocycles. The van der Waals surface area contributed by atoms with Crippen LogP contribution in [0.25, 0.3) is 0 Å². The van der Waals surface area contributed by atoms with E-state index in [4.69, 9.17) is 27.9 Å². The molecule has 0 heterocycles. The van der Waals surface area contributed by atoms with Gasteiger partial charge >= 0.3 is 12.1 Å². The predicted octanol–water partition coefficient (Wildman–Crippen LogP) is 7.75. The zero-order valence-electron chi connectivity index (χ0n) is 20.4. The third-order valence-electron chi connectivity index (χ3n) is 6.50. The van der Waals surface area contributed by atoms with Gasteiger partial charge in [0.2, 0.25) is 5.91 Å². The van der Waals surface area contributed by atoms with E-state index in [1.807, 2.05) is 0 Å². The van der Waals surface area contributed by atoms with Crippen LogP contribution in [0.15, 0.2) is 41.2 Å². The Morgan fingerprint density at radius 3 is 2.36 bits per heavy atom. The van der Waals surface area contributed by atoms with Gasteiger partial charge in [0.25, 0.3) is 0 Å². The molecule has 1 aromatic carbocycles. The van der Waals surface area contributed by atoms with Gasteiger partial charge in [0.05, 0.1) is 28.0 Å². The highest BCUT2D eigenvalue weighted by atomic mass is 35.5. The van der Waals surface area contributed by atoms with Crippen LogP contribution < -0.4 is 5.32 Å². The van der Waals surface area contributed by atoms with Gasteiger partial charge in [0.15, 0.2) is 0 Å². The van der Waals surface area contributed by atoms with Crippen LogP contribution in [-0.2, 0) is 20.7 Å². The number of carbonyl (C=O) groups excluding carboxylic acids is 2. The van der Waals surface area contributed by atoms with Crippen molar-refractivity contribution in [3.8, 4) is 0 Å². The molecule has 1 fully saturated rings. The first-order valence-corrected chi connectivity index (χ1v) is 12.4. The van der Waals surface area contributed by atoms with Gasteiger partial charge in [0, 0.05) is 11.0 Å². The van der Waals surface area contributed by atoms with E-state index in [9.17, 15) is 27.2 Å². The Bertz CT molecular complexity index is 1090. The van der Waals surface area contributed by atoms with Gasteiger partial charge in [-0.15, -0.1) is 0 Å². The van der Waals surface area contributed by atoms with Crippen molar-refractivity contribution in [2.75, 3.05) is 5.32 Å². The molecule has 0 spiro atoms. The molecule has 1 amide bonds. The summed E-state index contributed by atoms with van der Waals surface area (Å²) in [5, 5.41) is 2.65. The Balaban J connectivity index is 1.84. The molecular formula is C26H29Cl2F4NO3. The zero-order chi connectivity index (χ0) is 27.1. The summed E-state index contributed by atoms with van der Waals surface area (Å²) < 4.78 is 61.1. The molecule has 198 valence electrons. The highest BCUT2D eigenvalue weighted by Gasteiger charge is 2.52. The quantitative estimate of drug-likeness (QED) is 0.279. The third kappa shape index (κ3) is 6.82. The summed E-state index contributed by atoms with van der Waals surface area (Å²) in [6.45, 7) is 6.20. The lowest BCUT2D eigenvalue weighted by atomic mass is 9.77. The molecule has 0 radical (unpaired) electrons. The number of benzene rings is 1. The first kappa shape index (κ1) is 28.5. The normalized spacial score (nSPS) is 21.1. The molecule has 2 aliphatic carbocycles. The minimum absolute atomic E-state index is 0.0670. The summed E-state index contributed by atoms with van der Waals surface area (Å²) in [5.74, 6) is -7.41. The van der Waals surface area contributed by atoms with E-state index < -0.39 is 46.7 Å². The fourth-order valence-corrected chi connectivity index (χ4v) is 4.66. The van der Waals surface area contributed by atoms with Crippen LogP contribution in [0.1, 0.15) is 52.5 Å². The molecule has 0 aromatic heterocycles. The number of amides is 1. The summed E-state index contributed by atoms with van der Waals surface area (Å²) in [4.78, 5) is 25.8.